The van der Waals surface area contributed by atoms with E-state index in [1.165, 1.54) is 0 Å². The van der Waals surface area contributed by atoms with Gasteiger partial charge in [-0.3, -0.25) is 4.79 Å². The minimum atomic E-state index is -0.402. The molecule has 4 heteroatoms. The Hall–Kier alpha value is -1.55. The van der Waals surface area contributed by atoms with E-state index in [-0.39, 0.29) is 12.0 Å². The van der Waals surface area contributed by atoms with Gasteiger partial charge in [0.05, 0.1) is 11.5 Å². The summed E-state index contributed by atoms with van der Waals surface area (Å²) in [5.41, 5.74) is 7.97. The number of fused-ring (bicyclic) bond motifs is 2. The van der Waals surface area contributed by atoms with Crippen LogP contribution in [-0.4, -0.2) is 18.6 Å². The highest BCUT2D eigenvalue weighted by atomic mass is 16.5. The molecule has 0 aliphatic carbocycles. The van der Waals surface area contributed by atoms with Gasteiger partial charge in [-0.05, 0) is 37.5 Å². The topological polar surface area (TPSA) is 64.3 Å². The lowest BCUT2D eigenvalue weighted by Gasteiger charge is -2.35. The Kier molecular flexibility index (Phi) is 2.16. The number of nitrogens with two attached hydrogens (primary N) is 1. The number of rotatable bonds is 0. The third kappa shape index (κ3) is 1.44. The number of hydrogen-bond donors (Lipinski definition) is 2. The van der Waals surface area contributed by atoms with Gasteiger partial charge in [-0.1, -0.05) is 6.07 Å². The molecule has 2 aliphatic heterocycles. The van der Waals surface area contributed by atoms with Crippen molar-refractivity contribution in [1.29, 1.82) is 0 Å². The Balaban J connectivity index is 2.09. The molecule has 1 amide bonds. The van der Waals surface area contributed by atoms with Gasteiger partial charge < -0.3 is 15.8 Å². The molecule has 3 N–H and O–H groups in total. The molecule has 2 heterocycles. The first kappa shape index (κ1) is 10.6. The summed E-state index contributed by atoms with van der Waals surface area (Å²) in [7, 11) is 0. The maximum Gasteiger partial charge on any atom is 0.235 e. The normalized spacial score (nSPS) is 31.4. The standard InChI is InChI=1S/C13H16N2O2/c1-8-7-13(4-5-17-8)10-3-2-9(14)6-11(10)15-12(13)16/h2-3,6,8H,4-5,7,14H2,1H3,(H,15,16). The van der Waals surface area contributed by atoms with Crippen LogP contribution in [0.4, 0.5) is 11.4 Å². The summed E-state index contributed by atoms with van der Waals surface area (Å²) in [6, 6.07) is 5.67. The molecular weight excluding hydrogens is 216 g/mol. The number of anilines is 2. The van der Waals surface area contributed by atoms with Crippen LogP contribution in [0.5, 0.6) is 0 Å². The van der Waals surface area contributed by atoms with E-state index >= 15 is 0 Å². The van der Waals surface area contributed by atoms with Gasteiger partial charge in [0.1, 0.15) is 0 Å². The molecule has 17 heavy (non-hydrogen) atoms. The van der Waals surface area contributed by atoms with E-state index in [1.807, 2.05) is 25.1 Å². The predicted molar refractivity (Wildman–Crippen MR) is 65.8 cm³/mol. The Morgan fingerprint density at radius 2 is 2.35 bits per heavy atom. The summed E-state index contributed by atoms with van der Waals surface area (Å²) < 4.78 is 5.55. The summed E-state index contributed by atoms with van der Waals surface area (Å²) in [5, 5.41) is 2.94. The van der Waals surface area contributed by atoms with E-state index in [1.54, 1.807) is 0 Å². The average molecular weight is 232 g/mol. The van der Waals surface area contributed by atoms with Crippen LogP contribution in [-0.2, 0) is 14.9 Å². The van der Waals surface area contributed by atoms with Gasteiger partial charge in [-0.25, -0.2) is 0 Å². The third-order valence-corrected chi connectivity index (χ3v) is 3.81. The van der Waals surface area contributed by atoms with Crippen LogP contribution >= 0.6 is 0 Å². The molecule has 4 nitrogen and oxygen atoms in total. The quantitative estimate of drug-likeness (QED) is 0.668. The van der Waals surface area contributed by atoms with Crippen molar-refractivity contribution in [1.82, 2.24) is 0 Å². The first-order valence-electron chi connectivity index (χ1n) is 5.95. The minimum absolute atomic E-state index is 0.0910. The van der Waals surface area contributed by atoms with E-state index in [4.69, 9.17) is 10.5 Å². The van der Waals surface area contributed by atoms with Gasteiger partial charge in [0.15, 0.2) is 0 Å². The first-order chi connectivity index (χ1) is 8.12. The molecule has 1 fully saturated rings. The van der Waals surface area contributed by atoms with Crippen LogP contribution in [0.1, 0.15) is 25.3 Å². The number of hydrogen-bond acceptors (Lipinski definition) is 3. The fourth-order valence-electron chi connectivity index (χ4n) is 2.98. The number of amides is 1. The highest BCUT2D eigenvalue weighted by molar-refractivity contribution is 6.06. The van der Waals surface area contributed by atoms with Crippen molar-refractivity contribution in [3.05, 3.63) is 23.8 Å². The van der Waals surface area contributed by atoms with Crippen molar-refractivity contribution in [2.24, 2.45) is 0 Å². The molecule has 1 aromatic rings. The zero-order valence-corrected chi connectivity index (χ0v) is 9.82. The average Bonchev–Trinajstić information content (AvgIpc) is 2.51. The Labute approximate surface area is 100 Å². The van der Waals surface area contributed by atoms with E-state index < -0.39 is 5.41 Å². The van der Waals surface area contributed by atoms with Crippen LogP contribution in [0.15, 0.2) is 18.2 Å². The van der Waals surface area contributed by atoms with Gasteiger partial charge in [0.25, 0.3) is 0 Å². The van der Waals surface area contributed by atoms with Crippen molar-refractivity contribution in [2.45, 2.75) is 31.3 Å². The molecule has 1 spiro atoms. The van der Waals surface area contributed by atoms with Gasteiger partial charge >= 0.3 is 0 Å². The summed E-state index contributed by atoms with van der Waals surface area (Å²) in [6.45, 7) is 2.65. The van der Waals surface area contributed by atoms with Crippen LogP contribution < -0.4 is 11.1 Å². The molecule has 0 aromatic heterocycles. The lowest BCUT2D eigenvalue weighted by atomic mass is 9.73. The number of carbonyl (C=O) groups excluding carboxylic acids is 1. The maximum absolute atomic E-state index is 12.3. The second-order valence-electron chi connectivity index (χ2n) is 4.98. The second-order valence-corrected chi connectivity index (χ2v) is 4.98. The third-order valence-electron chi connectivity index (χ3n) is 3.81. The number of benzene rings is 1. The molecule has 0 bridgehead atoms. The van der Waals surface area contributed by atoms with Gasteiger partial charge in [0.2, 0.25) is 5.91 Å². The Morgan fingerprint density at radius 3 is 3.12 bits per heavy atom. The van der Waals surface area contributed by atoms with Crippen molar-refractivity contribution >= 4 is 17.3 Å². The van der Waals surface area contributed by atoms with Crippen molar-refractivity contribution in [3.8, 4) is 0 Å². The highest BCUT2D eigenvalue weighted by Crippen LogP contribution is 2.46. The Morgan fingerprint density at radius 1 is 1.53 bits per heavy atom. The fourth-order valence-corrected chi connectivity index (χ4v) is 2.98. The number of nitrogen functional groups attached to an aromatic ring is 1. The second kappa shape index (κ2) is 3.47. The van der Waals surface area contributed by atoms with E-state index in [0.29, 0.717) is 12.3 Å². The summed E-state index contributed by atoms with van der Waals surface area (Å²) in [5.74, 6) is 0.0910. The zero-order valence-electron chi connectivity index (χ0n) is 9.82. The molecule has 0 radical (unpaired) electrons. The van der Waals surface area contributed by atoms with Crippen LogP contribution in [0, 0.1) is 0 Å². The summed E-state index contributed by atoms with van der Waals surface area (Å²) in [6.07, 6.45) is 1.62. The molecular formula is C13H16N2O2. The smallest absolute Gasteiger partial charge is 0.235 e. The molecule has 3 rings (SSSR count). The highest BCUT2D eigenvalue weighted by Gasteiger charge is 2.49. The molecule has 1 saturated heterocycles. The Bertz CT molecular complexity index is 486. The molecule has 90 valence electrons. The van der Waals surface area contributed by atoms with E-state index in [2.05, 4.69) is 5.32 Å². The molecule has 2 aliphatic rings. The van der Waals surface area contributed by atoms with E-state index in [0.717, 1.165) is 24.1 Å². The number of carbonyl (C=O) groups is 1. The minimum Gasteiger partial charge on any atom is -0.399 e. The summed E-state index contributed by atoms with van der Waals surface area (Å²) in [4.78, 5) is 12.3. The molecule has 0 saturated carbocycles. The van der Waals surface area contributed by atoms with Gasteiger partial charge in [0, 0.05) is 18.0 Å². The summed E-state index contributed by atoms with van der Waals surface area (Å²) >= 11 is 0. The van der Waals surface area contributed by atoms with E-state index in [9.17, 15) is 4.79 Å². The predicted octanol–water partition coefficient (Wildman–Crippen LogP) is 1.66. The largest absolute Gasteiger partial charge is 0.399 e. The van der Waals surface area contributed by atoms with Crippen LogP contribution in [0.2, 0.25) is 0 Å². The maximum atomic E-state index is 12.3. The molecule has 2 unspecified atom stereocenters. The number of nitrogens with one attached hydrogen (secondary N) is 1. The molecule has 1 aromatic carbocycles. The van der Waals surface area contributed by atoms with Crippen LogP contribution in [0.25, 0.3) is 0 Å². The van der Waals surface area contributed by atoms with Crippen molar-refractivity contribution in [2.75, 3.05) is 17.7 Å². The first-order valence-corrected chi connectivity index (χ1v) is 5.95. The molecule has 2 atom stereocenters. The van der Waals surface area contributed by atoms with Crippen molar-refractivity contribution < 1.29 is 9.53 Å². The van der Waals surface area contributed by atoms with Crippen LogP contribution in [0.3, 0.4) is 0 Å². The zero-order chi connectivity index (χ0) is 12.0. The fraction of sp³-hybridized carbons (Fsp3) is 0.462. The van der Waals surface area contributed by atoms with Gasteiger partial charge in [-0.2, -0.15) is 0 Å². The SMILES string of the molecule is CC1CC2(CCO1)C(=O)Nc1cc(N)ccc12. The van der Waals surface area contributed by atoms with Crippen molar-refractivity contribution in [3.63, 3.8) is 0 Å². The lowest BCUT2D eigenvalue weighted by molar-refractivity contribution is -0.126. The van der Waals surface area contributed by atoms with Gasteiger partial charge in [-0.15, -0.1) is 0 Å². The number of ether oxygens (including phenoxy) is 1. The lowest BCUT2D eigenvalue weighted by Crippen LogP contribution is -2.42. The monoisotopic (exact) mass is 232 g/mol.